The lowest BCUT2D eigenvalue weighted by molar-refractivity contribution is 0.181. The highest BCUT2D eigenvalue weighted by atomic mass is 16.5. The summed E-state index contributed by atoms with van der Waals surface area (Å²) >= 11 is 0. The first kappa shape index (κ1) is 16.4. The molecule has 1 aliphatic heterocycles. The third-order valence-corrected chi connectivity index (χ3v) is 4.65. The van der Waals surface area contributed by atoms with Crippen LogP contribution >= 0.6 is 0 Å². The lowest BCUT2D eigenvalue weighted by atomic mass is 9.94. The van der Waals surface area contributed by atoms with Crippen molar-refractivity contribution in [3.8, 4) is 5.75 Å². The van der Waals surface area contributed by atoms with Gasteiger partial charge in [0.2, 0.25) is 0 Å². The average molecular weight is 324 g/mol. The lowest BCUT2D eigenvalue weighted by Gasteiger charge is -2.34. The second-order valence-corrected chi connectivity index (χ2v) is 6.72. The predicted octanol–water partition coefficient (Wildman–Crippen LogP) is 3.70. The Morgan fingerprint density at radius 3 is 2.42 bits per heavy atom. The van der Waals surface area contributed by atoms with Gasteiger partial charge in [0.05, 0.1) is 12.6 Å². The summed E-state index contributed by atoms with van der Waals surface area (Å²) in [6.07, 6.45) is 0.909. The van der Waals surface area contributed by atoms with E-state index in [1.54, 1.807) is 7.11 Å². The van der Waals surface area contributed by atoms with Crippen molar-refractivity contribution in [3.05, 3.63) is 65.2 Å². The van der Waals surface area contributed by atoms with Gasteiger partial charge in [0.25, 0.3) is 0 Å². The molecule has 4 heteroatoms. The minimum absolute atomic E-state index is 0.0229. The van der Waals surface area contributed by atoms with Crippen molar-refractivity contribution >= 4 is 6.03 Å². The number of nitrogens with zero attached hydrogens (tertiary/aromatic N) is 1. The summed E-state index contributed by atoms with van der Waals surface area (Å²) in [5.41, 5.74) is 3.19. The number of hydrogen-bond donors (Lipinski definition) is 1. The fraction of sp³-hybridized carbons (Fsp3) is 0.350. The third-order valence-electron chi connectivity index (χ3n) is 4.65. The molecule has 1 N–H and O–H groups in total. The van der Waals surface area contributed by atoms with Gasteiger partial charge in [-0.15, -0.1) is 0 Å². The molecule has 0 unspecified atom stereocenters. The molecule has 2 aromatic rings. The van der Waals surface area contributed by atoms with Gasteiger partial charge in [-0.1, -0.05) is 36.4 Å². The molecule has 0 fully saturated rings. The van der Waals surface area contributed by atoms with Crippen molar-refractivity contribution in [3.63, 3.8) is 0 Å². The number of benzene rings is 2. The summed E-state index contributed by atoms with van der Waals surface area (Å²) < 4.78 is 5.20. The highest BCUT2D eigenvalue weighted by molar-refractivity contribution is 5.75. The third kappa shape index (κ3) is 3.37. The minimum Gasteiger partial charge on any atom is -0.497 e. The fourth-order valence-electron chi connectivity index (χ4n) is 3.10. The molecule has 4 nitrogen and oxygen atoms in total. The number of methoxy groups -OCH3 is 1. The number of ether oxygens (including phenoxy) is 1. The maximum Gasteiger partial charge on any atom is 0.318 e. The van der Waals surface area contributed by atoms with E-state index in [2.05, 4.69) is 23.5 Å². The number of fused-ring (bicyclic) bond motifs is 1. The maximum atomic E-state index is 12.7. The van der Waals surface area contributed by atoms with Crippen LogP contribution in [0, 0.1) is 0 Å². The SMILES string of the molecule is COc1ccc(C(C)(C)NC(=O)N2CCc3ccccc3C2)cc1. The van der Waals surface area contributed by atoms with Gasteiger partial charge in [0, 0.05) is 13.1 Å². The average Bonchev–Trinajstić information content (AvgIpc) is 2.61. The van der Waals surface area contributed by atoms with Crippen molar-refractivity contribution in [2.75, 3.05) is 13.7 Å². The number of amides is 2. The molecule has 0 spiro atoms. The molecule has 3 rings (SSSR count). The van der Waals surface area contributed by atoms with Gasteiger partial charge in [-0.2, -0.15) is 0 Å². The van der Waals surface area contributed by atoms with E-state index >= 15 is 0 Å². The van der Waals surface area contributed by atoms with Crippen LogP contribution in [0.3, 0.4) is 0 Å². The second-order valence-electron chi connectivity index (χ2n) is 6.72. The van der Waals surface area contributed by atoms with Crippen LogP contribution in [-0.4, -0.2) is 24.6 Å². The maximum absolute atomic E-state index is 12.7. The van der Waals surface area contributed by atoms with Crippen molar-refractivity contribution < 1.29 is 9.53 Å². The zero-order valence-corrected chi connectivity index (χ0v) is 14.5. The van der Waals surface area contributed by atoms with E-state index in [1.165, 1.54) is 11.1 Å². The molecular weight excluding hydrogens is 300 g/mol. The van der Waals surface area contributed by atoms with Gasteiger partial charge in [-0.05, 0) is 49.1 Å². The molecular formula is C20H24N2O2. The number of nitrogens with one attached hydrogen (secondary N) is 1. The smallest absolute Gasteiger partial charge is 0.318 e. The summed E-state index contributed by atoms with van der Waals surface area (Å²) in [4.78, 5) is 14.6. The first-order valence-electron chi connectivity index (χ1n) is 8.28. The molecule has 1 aliphatic rings. The van der Waals surface area contributed by atoms with Crippen LogP contribution in [0.25, 0.3) is 0 Å². The first-order chi connectivity index (χ1) is 11.5. The summed E-state index contributed by atoms with van der Waals surface area (Å²) in [5, 5.41) is 3.16. The predicted molar refractivity (Wildman–Crippen MR) is 95.1 cm³/mol. The number of rotatable bonds is 3. The van der Waals surface area contributed by atoms with Crippen LogP contribution in [-0.2, 0) is 18.5 Å². The highest BCUT2D eigenvalue weighted by Crippen LogP contribution is 2.24. The summed E-state index contributed by atoms with van der Waals surface area (Å²) in [7, 11) is 1.65. The van der Waals surface area contributed by atoms with Crippen molar-refractivity contribution in [2.24, 2.45) is 0 Å². The van der Waals surface area contributed by atoms with Crippen LogP contribution < -0.4 is 10.1 Å². The zero-order valence-electron chi connectivity index (χ0n) is 14.5. The highest BCUT2D eigenvalue weighted by Gasteiger charge is 2.27. The van der Waals surface area contributed by atoms with Gasteiger partial charge in [0.15, 0.2) is 0 Å². The minimum atomic E-state index is -0.444. The van der Waals surface area contributed by atoms with Gasteiger partial charge in [0.1, 0.15) is 5.75 Å². The van der Waals surface area contributed by atoms with Crippen LogP contribution in [0.2, 0.25) is 0 Å². The molecule has 0 radical (unpaired) electrons. The molecule has 0 aliphatic carbocycles. The first-order valence-corrected chi connectivity index (χ1v) is 8.28. The Labute approximate surface area is 143 Å². The van der Waals surface area contributed by atoms with Crippen LogP contribution in [0.5, 0.6) is 5.75 Å². The van der Waals surface area contributed by atoms with Crippen LogP contribution in [0.1, 0.15) is 30.5 Å². The van der Waals surface area contributed by atoms with E-state index in [4.69, 9.17) is 4.74 Å². The number of carbonyl (C=O) groups excluding carboxylic acids is 1. The topological polar surface area (TPSA) is 41.6 Å². The zero-order chi connectivity index (χ0) is 17.2. The lowest BCUT2D eigenvalue weighted by Crippen LogP contribution is -2.49. The summed E-state index contributed by atoms with van der Waals surface area (Å²) in [6, 6.07) is 16.1. The monoisotopic (exact) mass is 324 g/mol. The molecule has 0 aromatic heterocycles. The molecule has 0 saturated heterocycles. The van der Waals surface area contributed by atoms with Gasteiger partial charge >= 0.3 is 6.03 Å². The van der Waals surface area contributed by atoms with Crippen LogP contribution in [0.15, 0.2) is 48.5 Å². The largest absolute Gasteiger partial charge is 0.497 e. The quantitative estimate of drug-likeness (QED) is 0.935. The molecule has 2 aromatic carbocycles. The summed E-state index contributed by atoms with van der Waals surface area (Å²) in [5.74, 6) is 0.813. The van der Waals surface area contributed by atoms with E-state index in [9.17, 15) is 4.79 Å². The normalized spacial score (nSPS) is 14.0. The van der Waals surface area contributed by atoms with Gasteiger partial charge in [-0.3, -0.25) is 0 Å². The number of hydrogen-bond acceptors (Lipinski definition) is 2. The van der Waals surface area contributed by atoms with Crippen molar-refractivity contribution in [1.82, 2.24) is 10.2 Å². The Bertz CT molecular complexity index is 723. The van der Waals surface area contributed by atoms with E-state index in [0.29, 0.717) is 6.54 Å². The Kier molecular flexibility index (Phi) is 4.47. The number of urea groups is 1. The van der Waals surface area contributed by atoms with E-state index < -0.39 is 5.54 Å². The molecule has 24 heavy (non-hydrogen) atoms. The van der Waals surface area contributed by atoms with Crippen molar-refractivity contribution in [2.45, 2.75) is 32.4 Å². The number of carbonyl (C=O) groups is 1. The Hall–Kier alpha value is -2.49. The van der Waals surface area contributed by atoms with Gasteiger partial charge in [-0.25, -0.2) is 4.79 Å². The van der Waals surface area contributed by atoms with E-state index in [0.717, 1.165) is 24.3 Å². The standard InChI is InChI=1S/C20H24N2O2/c1-20(2,17-8-10-18(24-3)11-9-17)21-19(23)22-13-12-15-6-4-5-7-16(15)14-22/h4-11H,12-14H2,1-3H3,(H,21,23). The Morgan fingerprint density at radius 1 is 1.08 bits per heavy atom. The van der Waals surface area contributed by atoms with E-state index in [1.807, 2.05) is 49.1 Å². The van der Waals surface area contributed by atoms with Crippen LogP contribution in [0.4, 0.5) is 4.79 Å². The van der Waals surface area contributed by atoms with Gasteiger partial charge < -0.3 is 15.0 Å². The molecule has 0 atom stereocenters. The molecule has 0 bridgehead atoms. The molecule has 1 heterocycles. The Balaban J connectivity index is 1.69. The summed E-state index contributed by atoms with van der Waals surface area (Å²) in [6.45, 7) is 5.46. The second kappa shape index (κ2) is 6.56. The molecule has 126 valence electrons. The van der Waals surface area contributed by atoms with Crippen molar-refractivity contribution in [1.29, 1.82) is 0 Å². The molecule has 2 amide bonds. The van der Waals surface area contributed by atoms with E-state index in [-0.39, 0.29) is 6.03 Å². The molecule has 0 saturated carbocycles. The fourth-order valence-corrected chi connectivity index (χ4v) is 3.10. The Morgan fingerprint density at radius 2 is 1.75 bits per heavy atom.